The Balaban J connectivity index is 2.10. The van der Waals surface area contributed by atoms with Crippen LogP contribution in [0, 0.1) is 23.7 Å². The number of allylic oxidation sites excluding steroid dienone is 2. The highest BCUT2D eigenvalue weighted by atomic mass is 16.5. The molecule has 0 heterocycles. The van der Waals surface area contributed by atoms with Crippen molar-refractivity contribution in [3.05, 3.63) is 23.8 Å². The Labute approximate surface area is 183 Å². The molecule has 5 N–H and O–H groups in total. The lowest BCUT2D eigenvalue weighted by atomic mass is 9.66. The molecule has 0 unspecified atom stereocenters. The molecule has 9 atom stereocenters. The van der Waals surface area contributed by atoms with Crippen molar-refractivity contribution in [2.45, 2.75) is 83.4 Å². The van der Waals surface area contributed by atoms with Crippen LogP contribution in [0.15, 0.2) is 23.8 Å². The van der Waals surface area contributed by atoms with E-state index in [1.54, 1.807) is 13.0 Å². The van der Waals surface area contributed by atoms with E-state index in [2.05, 4.69) is 0 Å². The highest BCUT2D eigenvalue weighted by Gasteiger charge is 2.42. The monoisotopic (exact) mass is 440 g/mol. The number of hydrogen-bond donors (Lipinski definition) is 5. The summed E-state index contributed by atoms with van der Waals surface area (Å²) in [6, 6.07) is 0. The molecule has 8 nitrogen and oxygen atoms in total. The SMILES string of the molecule is C[C@H](C(=O)O[C@H]1C[C@H](O)C=C2C=C[C@H](C)[C@H](CC[C@@H](O)C[C@@H](O)CC(=O)O)[C@H]21)[C@@H](C)O. The van der Waals surface area contributed by atoms with E-state index in [9.17, 15) is 30.0 Å². The molecule has 0 saturated heterocycles. The first kappa shape index (κ1) is 25.5. The third-order valence-electron chi connectivity index (χ3n) is 6.52. The summed E-state index contributed by atoms with van der Waals surface area (Å²) in [6.45, 7) is 5.18. The minimum atomic E-state index is -1.11. The van der Waals surface area contributed by atoms with Crippen molar-refractivity contribution in [2.24, 2.45) is 23.7 Å². The topological polar surface area (TPSA) is 145 Å². The standard InChI is InChI=1S/C23H36O8/c1-12-4-5-15-8-17(26)10-20(31-23(30)13(2)14(3)24)22(15)19(12)7-6-16(25)9-18(27)11-21(28)29/h4-5,8,12-14,16-20,22,24-27H,6-7,9-11H2,1-3H3,(H,28,29)/t12-,13-,14+,16+,17+,18+,19-,20-,22-/m0/s1. The molecule has 0 spiro atoms. The van der Waals surface area contributed by atoms with Crippen molar-refractivity contribution >= 4 is 11.9 Å². The summed E-state index contributed by atoms with van der Waals surface area (Å²) in [5, 5.41) is 48.8. The van der Waals surface area contributed by atoms with E-state index >= 15 is 0 Å². The van der Waals surface area contributed by atoms with Gasteiger partial charge < -0.3 is 30.3 Å². The van der Waals surface area contributed by atoms with Gasteiger partial charge in [-0.25, -0.2) is 0 Å². The number of fused-ring (bicyclic) bond motifs is 1. The number of esters is 1. The van der Waals surface area contributed by atoms with Gasteiger partial charge in [0.15, 0.2) is 0 Å². The predicted octanol–water partition coefficient (Wildman–Crippen LogP) is 1.41. The van der Waals surface area contributed by atoms with Gasteiger partial charge in [-0.2, -0.15) is 0 Å². The third-order valence-corrected chi connectivity index (χ3v) is 6.52. The molecule has 0 amide bonds. The van der Waals surface area contributed by atoms with Gasteiger partial charge in [-0.05, 0) is 50.5 Å². The molecule has 0 aromatic heterocycles. The number of carboxylic acid groups (broad SMARTS) is 1. The molecular weight excluding hydrogens is 404 g/mol. The highest BCUT2D eigenvalue weighted by molar-refractivity contribution is 5.73. The van der Waals surface area contributed by atoms with Crippen LogP contribution < -0.4 is 0 Å². The molecule has 0 radical (unpaired) electrons. The maximum absolute atomic E-state index is 12.5. The minimum absolute atomic E-state index is 0.0143. The lowest BCUT2D eigenvalue weighted by Crippen LogP contribution is -2.43. The first-order valence-electron chi connectivity index (χ1n) is 11.0. The second kappa shape index (κ2) is 11.2. The Hall–Kier alpha value is -1.74. The number of carboxylic acids is 1. The average molecular weight is 441 g/mol. The molecule has 0 fully saturated rings. The van der Waals surface area contributed by atoms with Crippen LogP contribution in [-0.4, -0.2) is 68.0 Å². The van der Waals surface area contributed by atoms with Gasteiger partial charge in [-0.3, -0.25) is 9.59 Å². The lowest BCUT2D eigenvalue weighted by Gasteiger charge is -2.43. The predicted molar refractivity (Wildman–Crippen MR) is 113 cm³/mol. The largest absolute Gasteiger partial charge is 0.481 e. The molecule has 0 aromatic rings. The van der Waals surface area contributed by atoms with Crippen LogP contribution in [0.5, 0.6) is 0 Å². The summed E-state index contributed by atoms with van der Waals surface area (Å²) in [5.41, 5.74) is 0.893. The summed E-state index contributed by atoms with van der Waals surface area (Å²) in [5.74, 6) is -2.27. The molecular formula is C23H36O8. The van der Waals surface area contributed by atoms with E-state index in [0.717, 1.165) is 5.57 Å². The number of aliphatic hydroxyl groups is 4. The summed E-state index contributed by atoms with van der Waals surface area (Å²) in [7, 11) is 0. The van der Waals surface area contributed by atoms with Gasteiger partial charge in [0.2, 0.25) is 0 Å². The zero-order chi connectivity index (χ0) is 23.3. The molecule has 2 aliphatic carbocycles. The van der Waals surface area contributed by atoms with Crippen LogP contribution in [0.25, 0.3) is 0 Å². The number of rotatable bonds is 10. The lowest BCUT2D eigenvalue weighted by molar-refractivity contribution is -0.162. The highest BCUT2D eigenvalue weighted by Crippen LogP contribution is 2.44. The number of ether oxygens (including phenoxy) is 1. The Bertz CT molecular complexity index is 685. The average Bonchev–Trinajstić information content (AvgIpc) is 2.65. The van der Waals surface area contributed by atoms with Gasteiger partial charge in [0.05, 0.1) is 36.8 Å². The van der Waals surface area contributed by atoms with Crippen molar-refractivity contribution in [1.29, 1.82) is 0 Å². The van der Waals surface area contributed by atoms with E-state index in [4.69, 9.17) is 9.84 Å². The molecule has 0 aliphatic heterocycles. The molecule has 31 heavy (non-hydrogen) atoms. The zero-order valence-corrected chi connectivity index (χ0v) is 18.4. The smallest absolute Gasteiger partial charge is 0.311 e. The fraction of sp³-hybridized carbons (Fsp3) is 0.739. The Morgan fingerprint density at radius 1 is 1.19 bits per heavy atom. The van der Waals surface area contributed by atoms with E-state index < -0.39 is 54.8 Å². The first-order chi connectivity index (χ1) is 14.5. The van der Waals surface area contributed by atoms with E-state index in [1.807, 2.05) is 19.1 Å². The molecule has 176 valence electrons. The molecule has 0 bridgehead atoms. The number of carbonyl (C=O) groups excluding carboxylic acids is 1. The summed E-state index contributed by atoms with van der Waals surface area (Å²) >= 11 is 0. The Kier molecular flexibility index (Phi) is 9.24. The van der Waals surface area contributed by atoms with Crippen LogP contribution in [0.2, 0.25) is 0 Å². The van der Waals surface area contributed by atoms with Crippen molar-refractivity contribution in [3.63, 3.8) is 0 Å². The van der Waals surface area contributed by atoms with Gasteiger partial charge in [-0.15, -0.1) is 0 Å². The van der Waals surface area contributed by atoms with Crippen LogP contribution >= 0.6 is 0 Å². The quantitative estimate of drug-likeness (QED) is 0.321. The second-order valence-corrected chi connectivity index (χ2v) is 9.10. The van der Waals surface area contributed by atoms with E-state index in [0.29, 0.717) is 12.8 Å². The van der Waals surface area contributed by atoms with Crippen molar-refractivity contribution in [1.82, 2.24) is 0 Å². The molecule has 2 rings (SSSR count). The Morgan fingerprint density at radius 3 is 2.48 bits per heavy atom. The first-order valence-corrected chi connectivity index (χ1v) is 11.0. The zero-order valence-electron chi connectivity index (χ0n) is 18.4. The number of hydrogen-bond acceptors (Lipinski definition) is 7. The van der Waals surface area contributed by atoms with Crippen LogP contribution in [0.4, 0.5) is 0 Å². The normalized spacial score (nSPS) is 31.7. The molecule has 0 aromatic carbocycles. The Morgan fingerprint density at radius 2 is 1.87 bits per heavy atom. The number of aliphatic carboxylic acids is 1. The third kappa shape index (κ3) is 7.14. The minimum Gasteiger partial charge on any atom is -0.481 e. The van der Waals surface area contributed by atoms with Gasteiger partial charge in [-0.1, -0.05) is 25.2 Å². The summed E-state index contributed by atoms with van der Waals surface area (Å²) in [4.78, 5) is 23.2. The fourth-order valence-corrected chi connectivity index (χ4v) is 4.54. The van der Waals surface area contributed by atoms with Crippen LogP contribution in [-0.2, 0) is 14.3 Å². The van der Waals surface area contributed by atoms with Gasteiger partial charge in [0.25, 0.3) is 0 Å². The maximum atomic E-state index is 12.5. The van der Waals surface area contributed by atoms with Crippen LogP contribution in [0.3, 0.4) is 0 Å². The molecule has 8 heteroatoms. The molecule has 2 aliphatic rings. The van der Waals surface area contributed by atoms with Crippen LogP contribution in [0.1, 0.15) is 52.9 Å². The van der Waals surface area contributed by atoms with Crippen molar-refractivity contribution < 1.29 is 39.9 Å². The van der Waals surface area contributed by atoms with Gasteiger partial charge in [0, 0.05) is 12.3 Å². The van der Waals surface area contributed by atoms with E-state index in [-0.39, 0.29) is 30.6 Å². The second-order valence-electron chi connectivity index (χ2n) is 9.10. The fourth-order valence-electron chi connectivity index (χ4n) is 4.54. The summed E-state index contributed by atoms with van der Waals surface area (Å²) < 4.78 is 5.75. The number of carbonyl (C=O) groups is 2. The maximum Gasteiger partial charge on any atom is 0.311 e. The number of aliphatic hydroxyl groups excluding tert-OH is 4. The van der Waals surface area contributed by atoms with Crippen molar-refractivity contribution in [3.8, 4) is 0 Å². The van der Waals surface area contributed by atoms with Gasteiger partial charge in [0.1, 0.15) is 6.10 Å². The summed E-state index contributed by atoms with van der Waals surface area (Å²) in [6.07, 6.45) is 2.49. The van der Waals surface area contributed by atoms with Gasteiger partial charge >= 0.3 is 11.9 Å². The van der Waals surface area contributed by atoms with Crippen molar-refractivity contribution in [2.75, 3.05) is 0 Å². The van der Waals surface area contributed by atoms with E-state index in [1.165, 1.54) is 6.92 Å². The molecule has 0 saturated carbocycles.